The summed E-state index contributed by atoms with van der Waals surface area (Å²) in [5, 5.41) is 4.27. The van der Waals surface area contributed by atoms with Crippen LogP contribution in [0.4, 0.5) is 0 Å². The number of hydrogen-bond acceptors (Lipinski definition) is 3. The molecule has 0 radical (unpaired) electrons. The fourth-order valence-corrected chi connectivity index (χ4v) is 4.12. The van der Waals surface area contributed by atoms with Crippen molar-refractivity contribution in [3.05, 3.63) is 36.0 Å². The highest BCUT2D eigenvalue weighted by atomic mass is 16.5. The smallest absolute Gasteiger partial charge is 0.268 e. The average Bonchev–Trinajstić information content (AvgIpc) is 3.17. The molecule has 6 nitrogen and oxygen atoms in total. The van der Waals surface area contributed by atoms with Crippen LogP contribution in [0.5, 0.6) is 0 Å². The van der Waals surface area contributed by atoms with Crippen molar-refractivity contribution in [2.75, 3.05) is 39.4 Å². The zero-order valence-electron chi connectivity index (χ0n) is 16.4. The summed E-state index contributed by atoms with van der Waals surface area (Å²) in [6.07, 6.45) is 0. The molecule has 1 aliphatic heterocycles. The van der Waals surface area contributed by atoms with Gasteiger partial charge in [-0.1, -0.05) is 18.2 Å². The number of para-hydroxylation sites is 1. The molecule has 27 heavy (non-hydrogen) atoms. The summed E-state index contributed by atoms with van der Waals surface area (Å²) in [6.45, 7) is 9.32. The van der Waals surface area contributed by atoms with Crippen LogP contribution in [-0.4, -0.2) is 59.3 Å². The van der Waals surface area contributed by atoms with E-state index in [4.69, 9.17) is 4.74 Å². The van der Waals surface area contributed by atoms with Crippen molar-refractivity contribution in [3.8, 4) is 0 Å². The molecule has 0 spiro atoms. The van der Waals surface area contributed by atoms with Gasteiger partial charge in [0.1, 0.15) is 5.69 Å². The number of nitrogens with one attached hydrogen (secondary N) is 1. The van der Waals surface area contributed by atoms with Crippen LogP contribution in [0, 0.1) is 0 Å². The Hall–Kier alpha value is -2.31. The zero-order valence-corrected chi connectivity index (χ0v) is 16.4. The van der Waals surface area contributed by atoms with Crippen molar-refractivity contribution in [1.82, 2.24) is 19.4 Å². The number of hydrogen-bond donors (Lipinski definition) is 1. The van der Waals surface area contributed by atoms with E-state index in [1.165, 1.54) is 10.9 Å². The first-order valence-corrected chi connectivity index (χ1v) is 9.74. The van der Waals surface area contributed by atoms with Gasteiger partial charge in [0.2, 0.25) is 0 Å². The fraction of sp³-hybridized carbons (Fsp3) is 0.476. The Morgan fingerprint density at radius 3 is 2.67 bits per heavy atom. The Balaban J connectivity index is 1.59. The summed E-state index contributed by atoms with van der Waals surface area (Å²) in [5.41, 5.74) is 4.17. The molecule has 0 unspecified atom stereocenters. The Morgan fingerprint density at radius 2 is 1.93 bits per heavy atom. The van der Waals surface area contributed by atoms with E-state index in [0.717, 1.165) is 43.9 Å². The van der Waals surface area contributed by atoms with Gasteiger partial charge in [0.15, 0.2) is 0 Å². The standard InChI is InChI=1S/C21H28N4O2/c1-15(2)25-17-7-5-4-6-16(17)20-18(25)14-19(23(20)3)21(26)22-8-9-24-10-12-27-13-11-24/h4-7,14-15H,8-13H2,1-3H3,(H,22,26). The van der Waals surface area contributed by atoms with E-state index in [2.05, 4.69) is 52.9 Å². The molecule has 1 amide bonds. The van der Waals surface area contributed by atoms with Crippen molar-refractivity contribution in [2.24, 2.45) is 7.05 Å². The van der Waals surface area contributed by atoms with E-state index in [-0.39, 0.29) is 5.91 Å². The zero-order chi connectivity index (χ0) is 19.0. The number of benzene rings is 1. The number of ether oxygens (including phenoxy) is 1. The van der Waals surface area contributed by atoms with Gasteiger partial charge in [-0.15, -0.1) is 0 Å². The monoisotopic (exact) mass is 368 g/mol. The lowest BCUT2D eigenvalue weighted by Crippen LogP contribution is -2.41. The van der Waals surface area contributed by atoms with E-state index < -0.39 is 0 Å². The highest BCUT2D eigenvalue weighted by Gasteiger charge is 2.21. The molecule has 6 heteroatoms. The van der Waals surface area contributed by atoms with E-state index in [1.807, 2.05) is 17.7 Å². The molecule has 1 saturated heterocycles. The number of aromatic nitrogens is 2. The van der Waals surface area contributed by atoms with Crippen molar-refractivity contribution in [3.63, 3.8) is 0 Å². The van der Waals surface area contributed by atoms with Gasteiger partial charge in [-0.3, -0.25) is 9.69 Å². The van der Waals surface area contributed by atoms with Crippen LogP contribution in [0.15, 0.2) is 30.3 Å². The summed E-state index contributed by atoms with van der Waals surface area (Å²) >= 11 is 0. The van der Waals surface area contributed by atoms with E-state index in [0.29, 0.717) is 18.3 Å². The van der Waals surface area contributed by atoms with Crippen molar-refractivity contribution >= 4 is 27.8 Å². The lowest BCUT2D eigenvalue weighted by molar-refractivity contribution is 0.0383. The molecule has 0 atom stereocenters. The Bertz CT molecular complexity index is 964. The van der Waals surface area contributed by atoms with E-state index in [9.17, 15) is 4.79 Å². The molecule has 3 aromatic rings. The molecule has 4 rings (SSSR count). The fourth-order valence-electron chi connectivity index (χ4n) is 4.12. The normalized spacial score (nSPS) is 15.9. The summed E-state index contributed by atoms with van der Waals surface area (Å²) in [5.74, 6) is -0.0126. The molecular formula is C21H28N4O2. The third-order valence-corrected chi connectivity index (χ3v) is 5.46. The second-order valence-corrected chi connectivity index (χ2v) is 7.51. The van der Waals surface area contributed by atoms with Crippen LogP contribution in [0.1, 0.15) is 30.4 Å². The first-order valence-electron chi connectivity index (χ1n) is 9.74. The van der Waals surface area contributed by atoms with Gasteiger partial charge in [0.25, 0.3) is 5.91 Å². The number of fused-ring (bicyclic) bond motifs is 3. The first kappa shape index (κ1) is 18.1. The van der Waals surface area contributed by atoms with Gasteiger partial charge in [0, 0.05) is 44.7 Å². The third kappa shape index (κ3) is 3.24. The average molecular weight is 368 g/mol. The summed E-state index contributed by atoms with van der Waals surface area (Å²) in [7, 11) is 1.98. The number of carbonyl (C=O) groups is 1. The topological polar surface area (TPSA) is 51.4 Å². The molecule has 0 bridgehead atoms. The third-order valence-electron chi connectivity index (χ3n) is 5.46. The molecule has 144 valence electrons. The number of rotatable bonds is 5. The van der Waals surface area contributed by atoms with E-state index in [1.54, 1.807) is 0 Å². The molecule has 1 aromatic carbocycles. The second kappa shape index (κ2) is 7.37. The summed E-state index contributed by atoms with van der Waals surface area (Å²) in [6, 6.07) is 10.8. The minimum absolute atomic E-state index is 0.0126. The van der Waals surface area contributed by atoms with Gasteiger partial charge in [-0.05, 0) is 26.0 Å². The van der Waals surface area contributed by atoms with Crippen LogP contribution in [0.3, 0.4) is 0 Å². The molecule has 1 aliphatic rings. The molecular weight excluding hydrogens is 340 g/mol. The molecule has 3 heterocycles. The van der Waals surface area contributed by atoms with Gasteiger partial charge in [-0.2, -0.15) is 0 Å². The summed E-state index contributed by atoms with van der Waals surface area (Å²) in [4.78, 5) is 15.1. The number of carbonyl (C=O) groups excluding carboxylic acids is 1. The van der Waals surface area contributed by atoms with Crippen LogP contribution in [-0.2, 0) is 11.8 Å². The SMILES string of the molecule is CC(C)n1c2ccccc2c2c1cc(C(=O)NCCN1CCOCC1)n2C. The minimum atomic E-state index is -0.0126. The minimum Gasteiger partial charge on any atom is -0.379 e. The molecule has 2 aromatic heterocycles. The number of amides is 1. The quantitative estimate of drug-likeness (QED) is 0.753. The van der Waals surface area contributed by atoms with Crippen molar-refractivity contribution in [2.45, 2.75) is 19.9 Å². The van der Waals surface area contributed by atoms with Crippen molar-refractivity contribution < 1.29 is 9.53 Å². The Labute approximate surface area is 159 Å². The van der Waals surface area contributed by atoms with Gasteiger partial charge >= 0.3 is 0 Å². The van der Waals surface area contributed by atoms with Crippen LogP contribution in [0.25, 0.3) is 21.9 Å². The number of nitrogens with zero attached hydrogens (tertiary/aromatic N) is 3. The maximum Gasteiger partial charge on any atom is 0.268 e. The van der Waals surface area contributed by atoms with Crippen LogP contribution >= 0.6 is 0 Å². The lowest BCUT2D eigenvalue weighted by atomic mass is 10.2. The maximum atomic E-state index is 12.8. The van der Waals surface area contributed by atoms with Crippen LogP contribution in [0.2, 0.25) is 0 Å². The highest BCUT2D eigenvalue weighted by Crippen LogP contribution is 2.33. The predicted molar refractivity (Wildman–Crippen MR) is 108 cm³/mol. The van der Waals surface area contributed by atoms with Crippen LogP contribution < -0.4 is 5.32 Å². The maximum absolute atomic E-state index is 12.8. The second-order valence-electron chi connectivity index (χ2n) is 7.51. The Kier molecular flexibility index (Phi) is 4.93. The summed E-state index contributed by atoms with van der Waals surface area (Å²) < 4.78 is 9.71. The predicted octanol–water partition coefficient (Wildman–Crippen LogP) is 2.78. The molecule has 1 N–H and O–H groups in total. The van der Waals surface area contributed by atoms with Crippen molar-refractivity contribution in [1.29, 1.82) is 0 Å². The van der Waals surface area contributed by atoms with E-state index >= 15 is 0 Å². The van der Waals surface area contributed by atoms with Gasteiger partial charge < -0.3 is 19.2 Å². The number of aryl methyl sites for hydroxylation is 1. The highest BCUT2D eigenvalue weighted by molar-refractivity contribution is 6.10. The molecule has 0 saturated carbocycles. The Morgan fingerprint density at radius 1 is 1.19 bits per heavy atom. The molecule has 1 fully saturated rings. The van der Waals surface area contributed by atoms with Gasteiger partial charge in [-0.25, -0.2) is 0 Å². The first-order chi connectivity index (χ1) is 13.1. The van der Waals surface area contributed by atoms with Gasteiger partial charge in [0.05, 0.1) is 29.8 Å². The molecule has 0 aliphatic carbocycles. The number of morpholine rings is 1. The largest absolute Gasteiger partial charge is 0.379 e. The lowest BCUT2D eigenvalue weighted by Gasteiger charge is -2.26.